The lowest BCUT2D eigenvalue weighted by Gasteiger charge is -2.26. The third kappa shape index (κ3) is 4.97. The van der Waals surface area contributed by atoms with Gasteiger partial charge in [-0.05, 0) is 37.5 Å². The van der Waals surface area contributed by atoms with Crippen LogP contribution in [0.1, 0.15) is 58.3 Å². The predicted octanol–water partition coefficient (Wildman–Crippen LogP) is 3.79. The van der Waals surface area contributed by atoms with Gasteiger partial charge in [0.2, 0.25) is 0 Å². The van der Waals surface area contributed by atoms with E-state index in [1.807, 2.05) is 0 Å². The Morgan fingerprint density at radius 3 is 2.59 bits per heavy atom. The van der Waals surface area contributed by atoms with Gasteiger partial charge in [-0.2, -0.15) is 0 Å². The summed E-state index contributed by atoms with van der Waals surface area (Å²) in [5.41, 5.74) is 0. The highest BCUT2D eigenvalue weighted by Crippen LogP contribution is 2.30. The molecule has 0 aromatic carbocycles. The second kappa shape index (κ2) is 7.38. The molecule has 2 nitrogen and oxygen atoms in total. The molecular formula is C15H28O2. The summed E-state index contributed by atoms with van der Waals surface area (Å²) in [6.45, 7) is 5.09. The van der Waals surface area contributed by atoms with Gasteiger partial charge in [0.25, 0.3) is 0 Å². The Balaban J connectivity index is 1.48. The van der Waals surface area contributed by atoms with Crippen LogP contribution in [0.4, 0.5) is 0 Å². The van der Waals surface area contributed by atoms with Crippen molar-refractivity contribution in [2.45, 2.75) is 64.4 Å². The van der Waals surface area contributed by atoms with E-state index in [1.165, 1.54) is 51.4 Å². The highest BCUT2D eigenvalue weighted by atomic mass is 16.5. The molecule has 1 atom stereocenters. The van der Waals surface area contributed by atoms with Crippen LogP contribution in [0.2, 0.25) is 0 Å². The molecule has 0 N–H and O–H groups in total. The van der Waals surface area contributed by atoms with Gasteiger partial charge in [-0.25, -0.2) is 0 Å². The Hall–Kier alpha value is -0.0800. The molecule has 100 valence electrons. The van der Waals surface area contributed by atoms with Crippen molar-refractivity contribution in [3.63, 3.8) is 0 Å². The van der Waals surface area contributed by atoms with Crippen LogP contribution in [0.25, 0.3) is 0 Å². The van der Waals surface area contributed by atoms with Gasteiger partial charge in [-0.1, -0.05) is 32.6 Å². The molecule has 1 heterocycles. The Morgan fingerprint density at radius 2 is 1.88 bits per heavy atom. The van der Waals surface area contributed by atoms with E-state index in [1.54, 1.807) is 0 Å². The summed E-state index contributed by atoms with van der Waals surface area (Å²) in [7, 11) is 0. The smallest absolute Gasteiger partial charge is 0.0808 e. The van der Waals surface area contributed by atoms with Crippen molar-refractivity contribution >= 4 is 0 Å². The van der Waals surface area contributed by atoms with E-state index in [0.717, 1.165) is 31.7 Å². The van der Waals surface area contributed by atoms with Crippen LogP contribution in [0.3, 0.4) is 0 Å². The van der Waals surface area contributed by atoms with E-state index in [9.17, 15) is 0 Å². The van der Waals surface area contributed by atoms with E-state index >= 15 is 0 Å². The first-order valence-corrected chi connectivity index (χ1v) is 7.54. The van der Waals surface area contributed by atoms with Crippen molar-refractivity contribution in [1.82, 2.24) is 0 Å². The molecule has 1 saturated carbocycles. The lowest BCUT2D eigenvalue weighted by Crippen LogP contribution is -2.25. The van der Waals surface area contributed by atoms with Crippen molar-refractivity contribution in [2.24, 2.45) is 11.8 Å². The predicted molar refractivity (Wildman–Crippen MR) is 70.1 cm³/mol. The number of hydrogen-bond acceptors (Lipinski definition) is 2. The van der Waals surface area contributed by atoms with Crippen LogP contribution in [0, 0.1) is 11.8 Å². The van der Waals surface area contributed by atoms with Crippen molar-refractivity contribution in [3.8, 4) is 0 Å². The second-order valence-corrected chi connectivity index (χ2v) is 5.98. The van der Waals surface area contributed by atoms with Crippen LogP contribution in [0.15, 0.2) is 0 Å². The fourth-order valence-corrected chi connectivity index (χ4v) is 3.02. The molecule has 0 aromatic heterocycles. The fourth-order valence-electron chi connectivity index (χ4n) is 3.02. The standard InChI is InChI=1S/C15H28O2/c1-13-5-7-14(8-6-13)9-11-16-12-15-4-2-3-10-17-15/h13-15H,2-12H2,1H3. The largest absolute Gasteiger partial charge is 0.379 e. The summed E-state index contributed by atoms with van der Waals surface area (Å²) in [6.07, 6.45) is 11.1. The first-order chi connectivity index (χ1) is 8.34. The first-order valence-electron chi connectivity index (χ1n) is 7.54. The normalized spacial score (nSPS) is 34.8. The molecule has 1 saturated heterocycles. The first kappa shape index (κ1) is 13.4. The van der Waals surface area contributed by atoms with Crippen molar-refractivity contribution in [2.75, 3.05) is 19.8 Å². The topological polar surface area (TPSA) is 18.5 Å². The zero-order chi connectivity index (χ0) is 11.9. The van der Waals surface area contributed by atoms with Crippen molar-refractivity contribution < 1.29 is 9.47 Å². The molecule has 1 unspecified atom stereocenters. The molecule has 2 rings (SSSR count). The van der Waals surface area contributed by atoms with Gasteiger partial charge in [0.1, 0.15) is 0 Å². The summed E-state index contributed by atoms with van der Waals surface area (Å²) >= 11 is 0. The van der Waals surface area contributed by atoms with Crippen LogP contribution in [-0.4, -0.2) is 25.9 Å². The minimum absolute atomic E-state index is 0.384. The zero-order valence-electron chi connectivity index (χ0n) is 11.3. The molecule has 17 heavy (non-hydrogen) atoms. The van der Waals surface area contributed by atoms with Crippen LogP contribution in [-0.2, 0) is 9.47 Å². The van der Waals surface area contributed by atoms with Gasteiger partial charge in [-0.15, -0.1) is 0 Å². The fraction of sp³-hybridized carbons (Fsp3) is 1.00. The molecule has 0 amide bonds. The van der Waals surface area contributed by atoms with E-state index in [0.29, 0.717) is 6.10 Å². The van der Waals surface area contributed by atoms with Gasteiger partial charge in [0.15, 0.2) is 0 Å². The maximum Gasteiger partial charge on any atom is 0.0808 e. The maximum atomic E-state index is 5.78. The molecule has 0 radical (unpaired) electrons. The van der Waals surface area contributed by atoms with Crippen LogP contribution >= 0.6 is 0 Å². The third-order valence-electron chi connectivity index (χ3n) is 4.38. The molecular weight excluding hydrogens is 212 g/mol. The van der Waals surface area contributed by atoms with Crippen LogP contribution in [0.5, 0.6) is 0 Å². The molecule has 0 spiro atoms. The van der Waals surface area contributed by atoms with Crippen molar-refractivity contribution in [1.29, 1.82) is 0 Å². The molecule has 2 heteroatoms. The van der Waals surface area contributed by atoms with E-state index in [4.69, 9.17) is 9.47 Å². The minimum Gasteiger partial charge on any atom is -0.379 e. The summed E-state index contributed by atoms with van der Waals surface area (Å²) < 4.78 is 11.4. The molecule has 0 aromatic rings. The lowest BCUT2D eigenvalue weighted by atomic mass is 9.82. The van der Waals surface area contributed by atoms with Gasteiger partial charge >= 0.3 is 0 Å². The van der Waals surface area contributed by atoms with Gasteiger partial charge in [0.05, 0.1) is 12.7 Å². The molecule has 2 fully saturated rings. The third-order valence-corrected chi connectivity index (χ3v) is 4.38. The zero-order valence-corrected chi connectivity index (χ0v) is 11.3. The van der Waals surface area contributed by atoms with Gasteiger partial charge < -0.3 is 9.47 Å². The van der Waals surface area contributed by atoms with Crippen LogP contribution < -0.4 is 0 Å². The Kier molecular flexibility index (Phi) is 5.79. The monoisotopic (exact) mass is 240 g/mol. The summed E-state index contributed by atoms with van der Waals surface area (Å²) in [5.74, 6) is 1.89. The minimum atomic E-state index is 0.384. The second-order valence-electron chi connectivity index (χ2n) is 5.98. The Labute approximate surface area is 106 Å². The van der Waals surface area contributed by atoms with Gasteiger partial charge in [0, 0.05) is 13.2 Å². The van der Waals surface area contributed by atoms with E-state index in [-0.39, 0.29) is 0 Å². The lowest BCUT2D eigenvalue weighted by molar-refractivity contribution is -0.0430. The Bertz CT molecular complexity index is 191. The highest BCUT2D eigenvalue weighted by Gasteiger charge is 2.18. The van der Waals surface area contributed by atoms with Gasteiger partial charge in [-0.3, -0.25) is 0 Å². The summed E-state index contributed by atoms with van der Waals surface area (Å²) in [6, 6.07) is 0. The van der Waals surface area contributed by atoms with Crippen molar-refractivity contribution in [3.05, 3.63) is 0 Å². The highest BCUT2D eigenvalue weighted by molar-refractivity contribution is 4.70. The molecule has 1 aliphatic carbocycles. The summed E-state index contributed by atoms with van der Waals surface area (Å²) in [5, 5.41) is 0. The average Bonchev–Trinajstić information content (AvgIpc) is 2.38. The quantitative estimate of drug-likeness (QED) is 0.681. The molecule has 1 aliphatic heterocycles. The number of hydrogen-bond donors (Lipinski definition) is 0. The number of rotatable bonds is 5. The van der Waals surface area contributed by atoms with E-state index in [2.05, 4.69) is 6.92 Å². The average molecular weight is 240 g/mol. The molecule has 2 aliphatic rings. The molecule has 0 bridgehead atoms. The Morgan fingerprint density at radius 1 is 1.06 bits per heavy atom. The maximum absolute atomic E-state index is 5.78. The SMILES string of the molecule is CC1CCC(CCOCC2CCCCO2)CC1. The summed E-state index contributed by atoms with van der Waals surface area (Å²) in [4.78, 5) is 0. The van der Waals surface area contributed by atoms with E-state index < -0.39 is 0 Å². The number of ether oxygens (including phenoxy) is 2.